The largest absolute Gasteiger partial charge is 0.489 e. The van der Waals surface area contributed by atoms with Crippen LogP contribution in [0.2, 0.25) is 0 Å². The van der Waals surface area contributed by atoms with Crippen LogP contribution >= 0.6 is 7.60 Å². The van der Waals surface area contributed by atoms with Gasteiger partial charge in [-0.15, -0.1) is 0 Å². The maximum Gasteiger partial charge on any atom is 0.354 e. The Kier molecular flexibility index (Phi) is 8.46. The van der Waals surface area contributed by atoms with E-state index >= 15 is 0 Å². The molecule has 0 atom stereocenters. The molecule has 0 unspecified atom stereocenters. The van der Waals surface area contributed by atoms with E-state index in [1.54, 1.807) is 6.08 Å². The van der Waals surface area contributed by atoms with Gasteiger partial charge in [0.15, 0.2) is 0 Å². The average Bonchev–Trinajstić information content (AvgIpc) is 2.89. The lowest BCUT2D eigenvalue weighted by Gasteiger charge is -2.35. The molecule has 0 aromatic heterocycles. The molecular formula is C29H33O5P. The van der Waals surface area contributed by atoms with Crippen LogP contribution < -0.4 is 9.47 Å². The minimum absolute atomic E-state index is 0.0990. The molecule has 1 aliphatic rings. The first-order valence-corrected chi connectivity index (χ1v) is 13.6. The highest BCUT2D eigenvalue weighted by atomic mass is 31.2. The van der Waals surface area contributed by atoms with Gasteiger partial charge in [0.25, 0.3) is 0 Å². The third-order valence-electron chi connectivity index (χ3n) is 5.95. The van der Waals surface area contributed by atoms with Crippen molar-refractivity contribution in [3.63, 3.8) is 0 Å². The van der Waals surface area contributed by atoms with Gasteiger partial charge < -0.3 is 18.5 Å². The second-order valence-electron chi connectivity index (χ2n) is 9.21. The summed E-state index contributed by atoms with van der Waals surface area (Å²) in [6, 6.07) is 25.6. The Labute approximate surface area is 208 Å². The molecule has 5 nitrogen and oxygen atoms in total. The fourth-order valence-electron chi connectivity index (χ4n) is 3.92. The van der Waals surface area contributed by atoms with Gasteiger partial charge in [0.2, 0.25) is 0 Å². The zero-order valence-corrected chi connectivity index (χ0v) is 21.3. The van der Waals surface area contributed by atoms with E-state index in [-0.39, 0.29) is 5.41 Å². The molecule has 6 heteroatoms. The molecule has 4 rings (SSSR count). The predicted molar refractivity (Wildman–Crippen MR) is 140 cm³/mol. The van der Waals surface area contributed by atoms with E-state index in [2.05, 4.69) is 13.8 Å². The molecule has 1 aliphatic heterocycles. The van der Waals surface area contributed by atoms with Gasteiger partial charge in [0, 0.05) is 22.9 Å². The van der Waals surface area contributed by atoms with Gasteiger partial charge in [0.05, 0.1) is 13.2 Å². The number of ether oxygens (including phenoxy) is 2. The summed E-state index contributed by atoms with van der Waals surface area (Å²) in [6.45, 7) is 5.94. The summed E-state index contributed by atoms with van der Waals surface area (Å²) < 4.78 is 36.7. The molecule has 1 saturated heterocycles. The van der Waals surface area contributed by atoms with Crippen molar-refractivity contribution in [1.29, 1.82) is 0 Å². The molecule has 1 fully saturated rings. The standard InChI is InChI=1S/C29H33O5P/c1-3-17-29(2)22-33-35(30,34-23-29)18-16-26-14-15-27(31-20-24-10-6-4-7-11-24)19-28(26)32-21-25-12-8-5-9-13-25/h4-16,18-19H,3,17,20-23H2,1-2H3/b18-16+. The van der Waals surface area contributed by atoms with E-state index in [4.69, 9.17) is 18.5 Å². The topological polar surface area (TPSA) is 54.0 Å². The second kappa shape index (κ2) is 11.7. The first-order valence-electron chi connectivity index (χ1n) is 12.0. The Morgan fingerprint density at radius 3 is 2.09 bits per heavy atom. The zero-order valence-electron chi connectivity index (χ0n) is 20.4. The van der Waals surface area contributed by atoms with Gasteiger partial charge in [0.1, 0.15) is 24.7 Å². The summed E-state index contributed by atoms with van der Waals surface area (Å²) >= 11 is 0. The molecule has 1 heterocycles. The quantitative estimate of drug-likeness (QED) is 0.270. The Morgan fingerprint density at radius 1 is 0.886 bits per heavy atom. The number of benzene rings is 3. The SMILES string of the molecule is CCCC1(C)COP(=O)(/C=C/c2ccc(OCc3ccccc3)cc2OCc2ccccc2)OC1. The lowest BCUT2D eigenvalue weighted by Crippen LogP contribution is -2.32. The van der Waals surface area contributed by atoms with Gasteiger partial charge in [-0.3, -0.25) is 4.57 Å². The minimum Gasteiger partial charge on any atom is -0.489 e. The number of hydrogen-bond donors (Lipinski definition) is 0. The van der Waals surface area contributed by atoms with Crippen LogP contribution in [0, 0.1) is 5.41 Å². The minimum atomic E-state index is -3.31. The third kappa shape index (κ3) is 7.32. The Hall–Kier alpha value is -2.85. The summed E-state index contributed by atoms with van der Waals surface area (Å²) in [5, 5.41) is 0. The van der Waals surface area contributed by atoms with E-state index in [0.29, 0.717) is 37.9 Å². The molecule has 3 aromatic rings. The van der Waals surface area contributed by atoms with E-state index in [9.17, 15) is 4.57 Å². The summed E-state index contributed by atoms with van der Waals surface area (Å²) in [5.74, 6) is 2.87. The monoisotopic (exact) mass is 492 g/mol. The Morgan fingerprint density at radius 2 is 1.49 bits per heavy atom. The summed E-state index contributed by atoms with van der Waals surface area (Å²) in [6.07, 6.45) is 3.76. The fraction of sp³-hybridized carbons (Fsp3) is 0.310. The Bertz CT molecular complexity index is 1150. The fourth-order valence-corrected chi connectivity index (χ4v) is 5.49. The summed E-state index contributed by atoms with van der Waals surface area (Å²) in [5.41, 5.74) is 2.82. The van der Waals surface area contributed by atoms with E-state index in [1.165, 1.54) is 5.82 Å². The van der Waals surface area contributed by atoms with Gasteiger partial charge >= 0.3 is 7.60 Å². The first kappa shape index (κ1) is 25.2. The van der Waals surface area contributed by atoms with Gasteiger partial charge in [-0.05, 0) is 35.8 Å². The maximum atomic E-state index is 13.1. The molecule has 0 radical (unpaired) electrons. The van der Waals surface area contributed by atoms with Crippen molar-refractivity contribution >= 4 is 13.7 Å². The van der Waals surface area contributed by atoms with Crippen molar-refractivity contribution in [3.05, 3.63) is 101 Å². The van der Waals surface area contributed by atoms with Crippen LogP contribution in [0.5, 0.6) is 11.5 Å². The van der Waals surface area contributed by atoms with Gasteiger partial charge in [-0.25, -0.2) is 0 Å². The van der Waals surface area contributed by atoms with Crippen molar-refractivity contribution < 1.29 is 23.1 Å². The lowest BCUT2D eigenvalue weighted by atomic mass is 9.88. The highest BCUT2D eigenvalue weighted by molar-refractivity contribution is 7.57. The smallest absolute Gasteiger partial charge is 0.354 e. The predicted octanol–water partition coefficient (Wildman–Crippen LogP) is 7.86. The van der Waals surface area contributed by atoms with Crippen LogP contribution in [0.4, 0.5) is 0 Å². The van der Waals surface area contributed by atoms with Crippen molar-refractivity contribution in [2.45, 2.75) is 39.9 Å². The normalized spacial score (nSPS) is 22.2. The summed E-state index contributed by atoms with van der Waals surface area (Å²) in [7, 11) is -3.31. The molecule has 3 aromatic carbocycles. The third-order valence-corrected chi connectivity index (χ3v) is 7.44. The molecule has 0 saturated carbocycles. The molecule has 0 aliphatic carbocycles. The van der Waals surface area contributed by atoms with Crippen LogP contribution in [-0.4, -0.2) is 13.2 Å². The number of hydrogen-bond acceptors (Lipinski definition) is 5. The second-order valence-corrected chi connectivity index (χ2v) is 11.1. The van der Waals surface area contributed by atoms with Crippen molar-refractivity contribution in [1.82, 2.24) is 0 Å². The van der Waals surface area contributed by atoms with Gasteiger partial charge in [-0.1, -0.05) is 80.9 Å². The van der Waals surface area contributed by atoms with Crippen LogP contribution in [0.1, 0.15) is 43.4 Å². The molecule has 0 amide bonds. The molecule has 0 bridgehead atoms. The maximum absolute atomic E-state index is 13.1. The molecule has 35 heavy (non-hydrogen) atoms. The van der Waals surface area contributed by atoms with Crippen molar-refractivity contribution in [2.24, 2.45) is 5.41 Å². The highest BCUT2D eigenvalue weighted by Gasteiger charge is 2.37. The van der Waals surface area contributed by atoms with Crippen LogP contribution in [-0.2, 0) is 26.8 Å². The number of rotatable bonds is 10. The van der Waals surface area contributed by atoms with E-state index in [1.807, 2.05) is 78.9 Å². The van der Waals surface area contributed by atoms with Crippen molar-refractivity contribution in [2.75, 3.05) is 13.2 Å². The average molecular weight is 493 g/mol. The first-order chi connectivity index (χ1) is 17.0. The molecular weight excluding hydrogens is 459 g/mol. The van der Waals surface area contributed by atoms with E-state index < -0.39 is 7.60 Å². The summed E-state index contributed by atoms with van der Waals surface area (Å²) in [4.78, 5) is 0. The van der Waals surface area contributed by atoms with Crippen LogP contribution in [0.3, 0.4) is 0 Å². The van der Waals surface area contributed by atoms with E-state index in [0.717, 1.165) is 29.5 Å². The lowest BCUT2D eigenvalue weighted by molar-refractivity contribution is 0.0271. The molecule has 0 N–H and O–H groups in total. The zero-order chi connectivity index (χ0) is 24.6. The molecule has 184 valence electrons. The van der Waals surface area contributed by atoms with Crippen LogP contribution in [0.25, 0.3) is 6.08 Å². The molecule has 0 spiro atoms. The highest BCUT2D eigenvalue weighted by Crippen LogP contribution is 2.56. The Balaban J connectivity index is 1.50. The van der Waals surface area contributed by atoms with Crippen LogP contribution in [0.15, 0.2) is 84.7 Å². The van der Waals surface area contributed by atoms with Gasteiger partial charge in [-0.2, -0.15) is 0 Å². The van der Waals surface area contributed by atoms with Crippen molar-refractivity contribution in [3.8, 4) is 11.5 Å².